The number of carboxylic acids is 1. The van der Waals surface area contributed by atoms with E-state index in [1.807, 2.05) is 23.9 Å². The average Bonchev–Trinajstić information content (AvgIpc) is 3.13. The van der Waals surface area contributed by atoms with Gasteiger partial charge in [-0.15, -0.1) is 0 Å². The van der Waals surface area contributed by atoms with Gasteiger partial charge in [-0.1, -0.05) is 19.6 Å². The van der Waals surface area contributed by atoms with Gasteiger partial charge in [0.25, 0.3) is 0 Å². The van der Waals surface area contributed by atoms with Gasteiger partial charge >= 0.3 is 5.97 Å². The summed E-state index contributed by atoms with van der Waals surface area (Å²) >= 11 is 0. The molecule has 7 nitrogen and oxygen atoms in total. The van der Waals surface area contributed by atoms with Crippen molar-refractivity contribution in [2.75, 3.05) is 6.61 Å². The fourth-order valence-corrected chi connectivity index (χ4v) is 3.48. The molecule has 1 N–H and O–H groups in total. The summed E-state index contributed by atoms with van der Waals surface area (Å²) in [4.78, 5) is 15.6. The van der Waals surface area contributed by atoms with Gasteiger partial charge in [0.15, 0.2) is 0 Å². The largest absolute Gasteiger partial charge is 0.478 e. The molecule has 3 aromatic heterocycles. The number of aryl methyl sites for hydroxylation is 1. The number of aromatic carboxylic acids is 1. The zero-order valence-electron chi connectivity index (χ0n) is 15.6. The summed E-state index contributed by atoms with van der Waals surface area (Å²) < 4.78 is 9.63. The molecule has 0 aliphatic rings. The van der Waals surface area contributed by atoms with Crippen molar-refractivity contribution in [3.05, 3.63) is 36.3 Å². The fourth-order valence-electron chi connectivity index (χ4n) is 2.72. The van der Waals surface area contributed by atoms with Crippen molar-refractivity contribution in [2.24, 2.45) is 7.05 Å². The van der Waals surface area contributed by atoms with Crippen molar-refractivity contribution in [1.29, 1.82) is 0 Å². The molecule has 0 aliphatic heterocycles. The van der Waals surface area contributed by atoms with Crippen LogP contribution in [0, 0.1) is 0 Å². The van der Waals surface area contributed by atoms with E-state index in [0.717, 1.165) is 22.7 Å². The molecule has 0 saturated heterocycles. The lowest BCUT2D eigenvalue weighted by molar-refractivity contribution is 0.0696. The summed E-state index contributed by atoms with van der Waals surface area (Å²) in [5.41, 5.74) is 2.74. The molecule has 0 spiro atoms. The minimum atomic E-state index is -1.16. The van der Waals surface area contributed by atoms with Gasteiger partial charge in [-0.05, 0) is 18.2 Å². The van der Waals surface area contributed by atoms with E-state index in [0.29, 0.717) is 19.0 Å². The Kier molecular flexibility index (Phi) is 4.97. The number of aromatic nitrogens is 4. The van der Waals surface area contributed by atoms with E-state index in [9.17, 15) is 9.90 Å². The quantitative estimate of drug-likeness (QED) is 0.507. The molecule has 138 valence electrons. The molecule has 8 heteroatoms. The summed E-state index contributed by atoms with van der Waals surface area (Å²) in [6.45, 7) is 8.03. The summed E-state index contributed by atoms with van der Waals surface area (Å²) in [7, 11) is 0.707. The normalized spacial score (nSPS) is 12.0. The summed E-state index contributed by atoms with van der Waals surface area (Å²) in [5, 5.41) is 14.2. The van der Waals surface area contributed by atoms with E-state index >= 15 is 0 Å². The van der Waals surface area contributed by atoms with Gasteiger partial charge in [0, 0.05) is 45.1 Å². The third-order valence-corrected chi connectivity index (χ3v) is 5.90. The van der Waals surface area contributed by atoms with Crippen LogP contribution in [-0.2, 0) is 18.5 Å². The van der Waals surface area contributed by atoms with Gasteiger partial charge in [0.2, 0.25) is 0 Å². The fraction of sp³-hybridized carbons (Fsp3) is 0.389. The van der Waals surface area contributed by atoms with Crippen LogP contribution in [0.4, 0.5) is 0 Å². The number of carboxylic acid groups (broad SMARTS) is 1. The number of pyridine rings is 1. The molecule has 3 rings (SSSR count). The molecular formula is C18H24N4O3Si. The highest BCUT2D eigenvalue weighted by Crippen LogP contribution is 2.27. The van der Waals surface area contributed by atoms with Gasteiger partial charge in [-0.2, -0.15) is 5.10 Å². The standard InChI is InChI=1S/C18H24N4O3Si/c1-21-11-15(10-20-21)16-8-13-7-14(18(23)24)9-19-17(13)22(16)12-25-5-6-26(2,3)4/h7-11H,5-6,12H2,1-4H3,(H,23,24). The first kappa shape index (κ1) is 18.3. The lowest BCUT2D eigenvalue weighted by Gasteiger charge is -2.16. The van der Waals surface area contributed by atoms with Crippen LogP contribution in [0.25, 0.3) is 22.3 Å². The highest BCUT2D eigenvalue weighted by molar-refractivity contribution is 6.76. The molecule has 0 saturated carbocycles. The van der Waals surface area contributed by atoms with Gasteiger partial charge < -0.3 is 14.4 Å². The number of ether oxygens (including phenoxy) is 1. The topological polar surface area (TPSA) is 82.2 Å². The predicted molar refractivity (Wildman–Crippen MR) is 103 cm³/mol. The summed E-state index contributed by atoms with van der Waals surface area (Å²) in [5.74, 6) is -0.985. The minimum Gasteiger partial charge on any atom is -0.478 e. The molecule has 0 unspecified atom stereocenters. The Morgan fingerprint density at radius 2 is 2.04 bits per heavy atom. The average molecular weight is 373 g/mol. The zero-order valence-corrected chi connectivity index (χ0v) is 16.6. The highest BCUT2D eigenvalue weighted by Gasteiger charge is 2.16. The Balaban J connectivity index is 1.96. The summed E-state index contributed by atoms with van der Waals surface area (Å²) in [6.07, 6.45) is 5.09. The van der Waals surface area contributed by atoms with E-state index in [2.05, 4.69) is 29.7 Å². The molecule has 3 aromatic rings. The maximum atomic E-state index is 11.2. The van der Waals surface area contributed by atoms with Crippen LogP contribution in [0.3, 0.4) is 0 Å². The lowest BCUT2D eigenvalue weighted by atomic mass is 10.2. The number of nitrogens with zero attached hydrogens (tertiary/aromatic N) is 4. The van der Waals surface area contributed by atoms with E-state index in [1.165, 1.54) is 6.20 Å². The van der Waals surface area contributed by atoms with Crippen LogP contribution >= 0.6 is 0 Å². The van der Waals surface area contributed by atoms with Crippen LogP contribution in [0.5, 0.6) is 0 Å². The number of hydrogen-bond donors (Lipinski definition) is 1. The lowest BCUT2D eigenvalue weighted by Crippen LogP contribution is -2.22. The van der Waals surface area contributed by atoms with Gasteiger partial charge in [-0.3, -0.25) is 4.68 Å². The molecule has 3 heterocycles. The molecule has 0 atom stereocenters. The second-order valence-electron chi connectivity index (χ2n) is 7.65. The molecule has 0 amide bonds. The van der Waals surface area contributed by atoms with E-state index in [-0.39, 0.29) is 5.56 Å². The van der Waals surface area contributed by atoms with Gasteiger partial charge in [-0.25, -0.2) is 9.78 Å². The van der Waals surface area contributed by atoms with E-state index < -0.39 is 14.0 Å². The Morgan fingerprint density at radius 1 is 1.27 bits per heavy atom. The molecule has 0 aromatic carbocycles. The zero-order chi connectivity index (χ0) is 18.9. The van der Waals surface area contributed by atoms with Crippen molar-refractivity contribution in [1.82, 2.24) is 19.3 Å². The summed E-state index contributed by atoms with van der Waals surface area (Å²) in [6, 6.07) is 4.67. The Hall–Kier alpha value is -2.45. The number of hydrogen-bond acceptors (Lipinski definition) is 4. The molecule has 26 heavy (non-hydrogen) atoms. The number of rotatable bonds is 7. The Morgan fingerprint density at radius 3 is 2.65 bits per heavy atom. The monoisotopic (exact) mass is 372 g/mol. The van der Waals surface area contributed by atoms with Crippen LogP contribution < -0.4 is 0 Å². The first-order valence-electron chi connectivity index (χ1n) is 8.54. The van der Waals surface area contributed by atoms with Crippen molar-refractivity contribution in [3.8, 4) is 11.3 Å². The molecule has 0 fully saturated rings. The molecule has 0 aliphatic carbocycles. The van der Waals surface area contributed by atoms with Gasteiger partial charge in [0.05, 0.1) is 17.5 Å². The van der Waals surface area contributed by atoms with Crippen molar-refractivity contribution in [2.45, 2.75) is 32.4 Å². The number of carbonyl (C=O) groups is 1. The van der Waals surface area contributed by atoms with Crippen molar-refractivity contribution >= 4 is 25.1 Å². The van der Waals surface area contributed by atoms with Crippen molar-refractivity contribution < 1.29 is 14.6 Å². The smallest absolute Gasteiger partial charge is 0.337 e. The predicted octanol–water partition coefficient (Wildman–Crippen LogP) is 3.45. The SMILES string of the molecule is Cn1cc(-c2cc3cc(C(=O)O)cnc3n2COCC[Si](C)(C)C)cn1. The van der Waals surface area contributed by atoms with Crippen LogP contribution in [0.15, 0.2) is 30.7 Å². The maximum absolute atomic E-state index is 11.2. The highest BCUT2D eigenvalue weighted by atomic mass is 28.3. The first-order valence-corrected chi connectivity index (χ1v) is 12.2. The van der Waals surface area contributed by atoms with Crippen LogP contribution in [-0.4, -0.2) is 45.1 Å². The molecule has 0 radical (unpaired) electrons. The third-order valence-electron chi connectivity index (χ3n) is 4.20. The minimum absolute atomic E-state index is 0.173. The van der Waals surface area contributed by atoms with E-state index in [1.54, 1.807) is 16.9 Å². The maximum Gasteiger partial charge on any atom is 0.337 e. The molecular weight excluding hydrogens is 348 g/mol. The molecule has 0 bridgehead atoms. The van der Waals surface area contributed by atoms with E-state index in [4.69, 9.17) is 4.74 Å². The first-order chi connectivity index (χ1) is 12.2. The van der Waals surface area contributed by atoms with Gasteiger partial charge in [0.1, 0.15) is 12.4 Å². The Labute approximate surface area is 153 Å². The van der Waals surface area contributed by atoms with Crippen molar-refractivity contribution in [3.63, 3.8) is 0 Å². The third kappa shape index (κ3) is 4.02. The van der Waals surface area contributed by atoms with Crippen LogP contribution in [0.1, 0.15) is 10.4 Å². The number of fused-ring (bicyclic) bond motifs is 1. The second kappa shape index (κ2) is 7.04. The van der Waals surface area contributed by atoms with Crippen LogP contribution in [0.2, 0.25) is 25.7 Å². The second-order valence-corrected chi connectivity index (χ2v) is 13.3. The Bertz CT molecular complexity index is 940.